The van der Waals surface area contributed by atoms with E-state index in [0.717, 1.165) is 5.82 Å². The predicted molar refractivity (Wildman–Crippen MR) is 71.4 cm³/mol. The third kappa shape index (κ3) is 3.10. The van der Waals surface area contributed by atoms with Crippen molar-refractivity contribution in [2.45, 2.75) is 38.1 Å². The van der Waals surface area contributed by atoms with Crippen molar-refractivity contribution in [3.8, 4) is 6.07 Å². The Hall–Kier alpha value is -1.83. The van der Waals surface area contributed by atoms with Crippen LogP contribution < -0.4 is 10.2 Å². The lowest BCUT2D eigenvalue weighted by Gasteiger charge is -2.32. The molecule has 5 nitrogen and oxygen atoms in total. The maximum Gasteiger partial charge on any atom is 0.134 e. The predicted octanol–water partition coefficient (Wildman–Crippen LogP) is 2.18. The number of hydrogen-bond donors (Lipinski definition) is 1. The third-order valence-electron chi connectivity index (χ3n) is 3.48. The lowest BCUT2D eigenvalue weighted by atomic mass is 9.94. The third-order valence-corrected chi connectivity index (χ3v) is 3.48. The van der Waals surface area contributed by atoms with E-state index in [0.29, 0.717) is 11.9 Å². The van der Waals surface area contributed by atoms with Gasteiger partial charge in [0.25, 0.3) is 0 Å². The molecule has 0 spiro atoms. The van der Waals surface area contributed by atoms with Crippen LogP contribution in [0.4, 0.5) is 11.6 Å². The Kier molecular flexibility index (Phi) is 4.35. The molecule has 0 saturated heterocycles. The van der Waals surface area contributed by atoms with Crippen LogP contribution in [0.1, 0.15) is 32.1 Å². The van der Waals surface area contributed by atoms with Gasteiger partial charge in [0.15, 0.2) is 0 Å². The molecule has 0 aliphatic heterocycles. The zero-order chi connectivity index (χ0) is 12.8. The molecule has 0 aromatic carbocycles. The molecule has 0 bridgehead atoms. The summed E-state index contributed by atoms with van der Waals surface area (Å²) in [5.41, 5.74) is 0. The van der Waals surface area contributed by atoms with Gasteiger partial charge in [-0.15, -0.1) is 0 Å². The van der Waals surface area contributed by atoms with Crippen molar-refractivity contribution < 1.29 is 0 Å². The summed E-state index contributed by atoms with van der Waals surface area (Å²) in [6.07, 6.45) is 7.99. The average molecular weight is 245 g/mol. The second-order valence-electron chi connectivity index (χ2n) is 4.68. The number of nitrogens with zero attached hydrogens (tertiary/aromatic N) is 4. The van der Waals surface area contributed by atoms with Crippen molar-refractivity contribution >= 4 is 11.6 Å². The highest BCUT2D eigenvalue weighted by molar-refractivity contribution is 5.48. The van der Waals surface area contributed by atoms with E-state index in [-0.39, 0.29) is 6.54 Å². The number of nitriles is 1. The van der Waals surface area contributed by atoms with Gasteiger partial charge in [0.2, 0.25) is 0 Å². The Bertz CT molecular complexity index is 420. The summed E-state index contributed by atoms with van der Waals surface area (Å²) >= 11 is 0. The van der Waals surface area contributed by atoms with Crippen LogP contribution in [0.5, 0.6) is 0 Å². The summed E-state index contributed by atoms with van der Waals surface area (Å²) in [4.78, 5) is 10.7. The minimum Gasteiger partial charge on any atom is -0.357 e. The van der Waals surface area contributed by atoms with Crippen LogP contribution in [0, 0.1) is 11.3 Å². The second-order valence-corrected chi connectivity index (χ2v) is 4.68. The second kappa shape index (κ2) is 6.20. The number of hydrogen-bond acceptors (Lipinski definition) is 5. The van der Waals surface area contributed by atoms with Crippen molar-refractivity contribution in [2.75, 3.05) is 23.8 Å². The van der Waals surface area contributed by atoms with Crippen molar-refractivity contribution in [1.82, 2.24) is 9.97 Å². The Morgan fingerprint density at radius 3 is 2.89 bits per heavy atom. The quantitative estimate of drug-likeness (QED) is 0.824. The first-order chi connectivity index (χ1) is 8.81. The number of rotatable bonds is 4. The molecule has 1 aromatic heterocycles. The van der Waals surface area contributed by atoms with Gasteiger partial charge in [-0.25, -0.2) is 9.97 Å². The standard InChI is InChI=1S/C13H19N5/c1-18(11-5-3-2-4-6-11)13-9-12(15-8-7-14)16-10-17-13/h9-11H,2-6,8H2,1H3,(H,15,16,17). The maximum atomic E-state index is 8.54. The van der Waals surface area contributed by atoms with Crippen molar-refractivity contribution in [3.63, 3.8) is 0 Å². The summed E-state index contributed by atoms with van der Waals surface area (Å²) in [6.45, 7) is 0.267. The van der Waals surface area contributed by atoms with Crippen LogP contribution in [0.3, 0.4) is 0 Å². The van der Waals surface area contributed by atoms with E-state index in [2.05, 4.69) is 27.2 Å². The van der Waals surface area contributed by atoms with Crippen LogP contribution in [-0.2, 0) is 0 Å². The van der Waals surface area contributed by atoms with Gasteiger partial charge >= 0.3 is 0 Å². The molecule has 1 fully saturated rings. The highest BCUT2D eigenvalue weighted by atomic mass is 15.2. The summed E-state index contributed by atoms with van der Waals surface area (Å²) in [6, 6.07) is 4.53. The molecular formula is C13H19N5. The lowest BCUT2D eigenvalue weighted by Crippen LogP contribution is -2.33. The fraction of sp³-hybridized carbons (Fsp3) is 0.615. The largest absolute Gasteiger partial charge is 0.357 e. The molecule has 1 heterocycles. The molecule has 1 aromatic rings. The first kappa shape index (κ1) is 12.6. The topological polar surface area (TPSA) is 64.8 Å². The molecular weight excluding hydrogens is 226 g/mol. The van der Waals surface area contributed by atoms with Gasteiger partial charge in [-0.3, -0.25) is 0 Å². The maximum absolute atomic E-state index is 8.54. The van der Waals surface area contributed by atoms with E-state index >= 15 is 0 Å². The Labute approximate surface area is 108 Å². The van der Waals surface area contributed by atoms with E-state index in [1.165, 1.54) is 32.1 Å². The molecule has 96 valence electrons. The smallest absolute Gasteiger partial charge is 0.134 e. The summed E-state index contributed by atoms with van der Waals surface area (Å²) < 4.78 is 0. The van der Waals surface area contributed by atoms with E-state index in [4.69, 9.17) is 5.26 Å². The molecule has 1 N–H and O–H groups in total. The molecule has 5 heteroatoms. The van der Waals surface area contributed by atoms with E-state index in [1.54, 1.807) is 6.33 Å². The fourth-order valence-corrected chi connectivity index (χ4v) is 2.42. The highest BCUT2D eigenvalue weighted by Gasteiger charge is 2.19. The molecule has 18 heavy (non-hydrogen) atoms. The van der Waals surface area contributed by atoms with Crippen molar-refractivity contribution in [2.24, 2.45) is 0 Å². The lowest BCUT2D eigenvalue weighted by molar-refractivity contribution is 0.426. The van der Waals surface area contributed by atoms with E-state index in [9.17, 15) is 0 Å². The summed E-state index contributed by atoms with van der Waals surface area (Å²) in [7, 11) is 2.09. The zero-order valence-corrected chi connectivity index (χ0v) is 10.8. The molecule has 1 aliphatic rings. The van der Waals surface area contributed by atoms with Crippen molar-refractivity contribution in [3.05, 3.63) is 12.4 Å². The minimum atomic E-state index is 0.267. The average Bonchev–Trinajstić information content (AvgIpc) is 2.45. The van der Waals surface area contributed by atoms with Gasteiger partial charge in [0, 0.05) is 19.2 Å². The Morgan fingerprint density at radius 2 is 2.17 bits per heavy atom. The normalized spacial score (nSPS) is 16.0. The van der Waals surface area contributed by atoms with Crippen LogP contribution in [0.15, 0.2) is 12.4 Å². The van der Waals surface area contributed by atoms with Gasteiger partial charge in [-0.05, 0) is 12.8 Å². The molecule has 2 rings (SSSR count). The van der Waals surface area contributed by atoms with E-state index < -0.39 is 0 Å². The molecule has 0 amide bonds. The highest BCUT2D eigenvalue weighted by Crippen LogP contribution is 2.25. The number of aromatic nitrogens is 2. The molecule has 0 atom stereocenters. The first-order valence-corrected chi connectivity index (χ1v) is 6.47. The first-order valence-electron chi connectivity index (χ1n) is 6.47. The van der Waals surface area contributed by atoms with Gasteiger partial charge in [-0.2, -0.15) is 5.26 Å². The Balaban J connectivity index is 2.04. The molecule has 1 saturated carbocycles. The van der Waals surface area contributed by atoms with Gasteiger partial charge in [0.05, 0.1) is 6.07 Å². The van der Waals surface area contributed by atoms with Crippen molar-refractivity contribution in [1.29, 1.82) is 5.26 Å². The van der Waals surface area contributed by atoms with Crippen LogP contribution in [0.2, 0.25) is 0 Å². The van der Waals surface area contributed by atoms with Gasteiger partial charge in [0.1, 0.15) is 24.5 Å². The van der Waals surface area contributed by atoms with Crippen LogP contribution in [0.25, 0.3) is 0 Å². The number of anilines is 2. The number of nitrogens with one attached hydrogen (secondary N) is 1. The van der Waals surface area contributed by atoms with Crippen LogP contribution >= 0.6 is 0 Å². The monoisotopic (exact) mass is 245 g/mol. The Morgan fingerprint density at radius 1 is 1.39 bits per heavy atom. The molecule has 0 unspecified atom stereocenters. The van der Waals surface area contributed by atoms with E-state index in [1.807, 2.05) is 12.1 Å². The minimum absolute atomic E-state index is 0.267. The fourth-order valence-electron chi connectivity index (χ4n) is 2.42. The summed E-state index contributed by atoms with van der Waals surface area (Å²) in [5.74, 6) is 1.64. The SMILES string of the molecule is CN(c1cc(NCC#N)ncn1)C1CCCCC1. The van der Waals surface area contributed by atoms with Gasteiger partial charge in [-0.1, -0.05) is 19.3 Å². The van der Waals surface area contributed by atoms with Gasteiger partial charge < -0.3 is 10.2 Å². The molecule has 1 aliphatic carbocycles. The zero-order valence-electron chi connectivity index (χ0n) is 10.8. The summed E-state index contributed by atoms with van der Waals surface area (Å²) in [5, 5.41) is 11.5. The molecule has 0 radical (unpaired) electrons. The van der Waals surface area contributed by atoms with Crippen LogP contribution in [-0.4, -0.2) is 29.6 Å².